The van der Waals surface area contributed by atoms with Gasteiger partial charge in [0.15, 0.2) is 5.71 Å². The summed E-state index contributed by atoms with van der Waals surface area (Å²) in [5.41, 5.74) is 2.33. The van der Waals surface area contributed by atoms with E-state index in [1.54, 1.807) is 39.3 Å². The first-order chi connectivity index (χ1) is 17.1. The van der Waals surface area contributed by atoms with Gasteiger partial charge in [0, 0.05) is 6.07 Å². The van der Waals surface area contributed by atoms with Gasteiger partial charge in [0.05, 0.1) is 31.7 Å². The minimum absolute atomic E-state index is 0.00687. The Hall–Kier alpha value is -3.55. The monoisotopic (exact) mass is 496 g/mol. The molecule has 3 N–H and O–H groups in total. The molecule has 0 bridgehead atoms. The molecule has 8 nitrogen and oxygen atoms in total. The Kier molecular flexibility index (Phi) is 10.3. The molecule has 8 heteroatoms. The minimum Gasteiger partial charge on any atom is -0.497 e. The van der Waals surface area contributed by atoms with Gasteiger partial charge in [0.1, 0.15) is 22.9 Å². The SMILES string of the molecule is CCCC(CC)Oc1ccc(C(C)(C)C)cc1NC(=O)/C(=N/N)C(C)=Nc1cc(OC)ccc1OC. The number of nitrogens with one attached hydrogen (secondary N) is 1. The quantitative estimate of drug-likeness (QED) is 0.225. The smallest absolute Gasteiger partial charge is 0.278 e. The third kappa shape index (κ3) is 7.47. The van der Waals surface area contributed by atoms with Crippen LogP contribution in [0.5, 0.6) is 17.2 Å². The van der Waals surface area contributed by atoms with Crippen LogP contribution in [-0.2, 0) is 10.2 Å². The van der Waals surface area contributed by atoms with Crippen LogP contribution in [0.15, 0.2) is 46.5 Å². The predicted octanol–water partition coefficient (Wildman–Crippen LogP) is 6.00. The van der Waals surface area contributed by atoms with Crippen molar-refractivity contribution >= 4 is 28.7 Å². The number of rotatable bonds is 11. The zero-order chi connectivity index (χ0) is 26.9. The van der Waals surface area contributed by atoms with Crippen LogP contribution in [0.4, 0.5) is 11.4 Å². The number of amides is 1. The maximum Gasteiger partial charge on any atom is 0.278 e. The van der Waals surface area contributed by atoms with Crippen molar-refractivity contribution < 1.29 is 19.0 Å². The molecule has 2 rings (SSSR count). The van der Waals surface area contributed by atoms with Crippen LogP contribution in [0.1, 0.15) is 66.4 Å². The maximum absolute atomic E-state index is 13.3. The summed E-state index contributed by atoms with van der Waals surface area (Å²) >= 11 is 0. The molecule has 0 spiro atoms. The molecule has 0 saturated heterocycles. The Morgan fingerprint density at radius 2 is 1.75 bits per heavy atom. The Labute approximate surface area is 214 Å². The van der Waals surface area contributed by atoms with Crippen molar-refractivity contribution in [2.75, 3.05) is 19.5 Å². The van der Waals surface area contributed by atoms with E-state index in [2.05, 4.69) is 50.0 Å². The molecule has 0 heterocycles. The van der Waals surface area contributed by atoms with Crippen LogP contribution >= 0.6 is 0 Å². The molecule has 0 aliphatic heterocycles. The van der Waals surface area contributed by atoms with Gasteiger partial charge >= 0.3 is 0 Å². The standard InChI is InChI=1S/C28H40N4O4/c1-9-11-20(10-2)36-25-14-12-19(28(4,5)6)16-22(25)31-27(33)26(32-29)18(3)30-23-17-21(34-7)13-15-24(23)35-8/h12-17,20H,9-11,29H2,1-8H3,(H,31,33)/b30-18?,32-26+. The molecule has 0 aromatic heterocycles. The molecule has 2 aromatic rings. The van der Waals surface area contributed by atoms with Gasteiger partial charge in [-0.3, -0.25) is 4.79 Å². The topological polar surface area (TPSA) is 108 Å². The zero-order valence-electron chi connectivity index (χ0n) is 22.8. The molecule has 1 unspecified atom stereocenters. The number of hydrazone groups is 1. The van der Waals surface area contributed by atoms with Gasteiger partial charge < -0.3 is 25.4 Å². The molecule has 0 aliphatic rings. The van der Waals surface area contributed by atoms with Crippen LogP contribution in [-0.4, -0.2) is 37.7 Å². The van der Waals surface area contributed by atoms with E-state index in [4.69, 9.17) is 20.1 Å². The molecule has 1 amide bonds. The van der Waals surface area contributed by atoms with Crippen molar-refractivity contribution in [3.05, 3.63) is 42.0 Å². The van der Waals surface area contributed by atoms with Gasteiger partial charge in [-0.2, -0.15) is 5.10 Å². The summed E-state index contributed by atoms with van der Waals surface area (Å²) in [5.74, 6) is 6.91. The molecule has 0 fully saturated rings. The van der Waals surface area contributed by atoms with Gasteiger partial charge in [0.2, 0.25) is 0 Å². The van der Waals surface area contributed by atoms with Crippen molar-refractivity contribution in [3.8, 4) is 17.2 Å². The average Bonchev–Trinajstić information content (AvgIpc) is 2.84. The third-order valence-electron chi connectivity index (χ3n) is 5.81. The second-order valence-corrected chi connectivity index (χ2v) is 9.56. The van der Waals surface area contributed by atoms with Gasteiger partial charge in [-0.05, 0) is 55.0 Å². The summed E-state index contributed by atoms with van der Waals surface area (Å²) in [6, 6.07) is 11.1. The zero-order valence-corrected chi connectivity index (χ0v) is 22.8. The van der Waals surface area contributed by atoms with Crippen LogP contribution in [0.3, 0.4) is 0 Å². The highest BCUT2D eigenvalue weighted by Crippen LogP contribution is 2.34. The second kappa shape index (κ2) is 13.0. The predicted molar refractivity (Wildman–Crippen MR) is 147 cm³/mol. The van der Waals surface area contributed by atoms with Gasteiger partial charge in [-0.25, -0.2) is 4.99 Å². The highest BCUT2D eigenvalue weighted by atomic mass is 16.5. The van der Waals surface area contributed by atoms with Crippen LogP contribution in [0.25, 0.3) is 0 Å². The molecular weight excluding hydrogens is 456 g/mol. The summed E-state index contributed by atoms with van der Waals surface area (Å²) in [6.45, 7) is 12.2. The normalized spacial score (nSPS) is 13.2. The highest BCUT2D eigenvalue weighted by Gasteiger charge is 2.22. The summed E-state index contributed by atoms with van der Waals surface area (Å²) in [7, 11) is 3.12. The van der Waals surface area contributed by atoms with E-state index in [9.17, 15) is 4.79 Å². The lowest BCUT2D eigenvalue weighted by Crippen LogP contribution is -2.30. The fourth-order valence-electron chi connectivity index (χ4n) is 3.66. The second-order valence-electron chi connectivity index (χ2n) is 9.56. The van der Waals surface area contributed by atoms with Crippen LogP contribution in [0.2, 0.25) is 0 Å². The number of hydrogen-bond donors (Lipinski definition) is 2. The number of hydrogen-bond acceptors (Lipinski definition) is 7. The van der Waals surface area contributed by atoms with E-state index in [-0.39, 0.29) is 17.2 Å². The van der Waals surface area contributed by atoms with E-state index >= 15 is 0 Å². The minimum atomic E-state index is -0.486. The number of anilines is 1. The van der Waals surface area contributed by atoms with Gasteiger partial charge in [0.25, 0.3) is 5.91 Å². The van der Waals surface area contributed by atoms with Crippen molar-refractivity contribution in [3.63, 3.8) is 0 Å². The summed E-state index contributed by atoms with van der Waals surface area (Å²) in [6.07, 6.45) is 2.85. The Balaban J connectivity index is 2.43. The molecular formula is C28H40N4O4. The van der Waals surface area contributed by atoms with Crippen molar-refractivity contribution in [2.24, 2.45) is 15.9 Å². The first kappa shape index (κ1) is 28.7. The number of carbonyl (C=O) groups excluding carboxylic acids is 1. The number of nitrogens with two attached hydrogens (primary N) is 1. The summed E-state index contributed by atoms with van der Waals surface area (Å²) in [4.78, 5) is 17.9. The number of nitrogens with zero attached hydrogens (tertiary/aromatic N) is 2. The Morgan fingerprint density at radius 3 is 2.31 bits per heavy atom. The molecule has 196 valence electrons. The number of ether oxygens (including phenoxy) is 3. The van der Waals surface area contributed by atoms with Crippen LogP contribution < -0.4 is 25.4 Å². The Morgan fingerprint density at radius 1 is 1.06 bits per heavy atom. The molecule has 0 aliphatic carbocycles. The molecule has 1 atom stereocenters. The number of methoxy groups -OCH3 is 2. The van der Waals surface area contributed by atoms with E-state index in [1.807, 2.05) is 18.2 Å². The first-order valence-corrected chi connectivity index (χ1v) is 12.3. The lowest BCUT2D eigenvalue weighted by atomic mass is 9.86. The third-order valence-corrected chi connectivity index (χ3v) is 5.81. The van der Waals surface area contributed by atoms with E-state index in [0.717, 1.165) is 24.8 Å². The van der Waals surface area contributed by atoms with Gasteiger partial charge in [-0.1, -0.05) is 47.1 Å². The van der Waals surface area contributed by atoms with Crippen molar-refractivity contribution in [2.45, 2.75) is 72.3 Å². The van der Waals surface area contributed by atoms with Crippen molar-refractivity contribution in [1.82, 2.24) is 0 Å². The number of aliphatic imine (C=N–C) groups is 1. The van der Waals surface area contributed by atoms with E-state index in [0.29, 0.717) is 34.3 Å². The molecule has 36 heavy (non-hydrogen) atoms. The average molecular weight is 497 g/mol. The number of benzene rings is 2. The largest absolute Gasteiger partial charge is 0.497 e. The fraction of sp³-hybridized carbons (Fsp3) is 0.464. The van der Waals surface area contributed by atoms with Crippen molar-refractivity contribution in [1.29, 1.82) is 0 Å². The van der Waals surface area contributed by atoms with Crippen LogP contribution in [0, 0.1) is 0 Å². The van der Waals surface area contributed by atoms with E-state index in [1.165, 1.54) is 0 Å². The van der Waals surface area contributed by atoms with Gasteiger partial charge in [-0.15, -0.1) is 0 Å². The lowest BCUT2D eigenvalue weighted by Gasteiger charge is -2.24. The van der Waals surface area contributed by atoms with E-state index < -0.39 is 5.91 Å². The maximum atomic E-state index is 13.3. The number of carbonyl (C=O) groups is 1. The molecule has 2 aromatic carbocycles. The Bertz CT molecular complexity index is 1100. The first-order valence-electron chi connectivity index (χ1n) is 12.3. The summed E-state index contributed by atoms with van der Waals surface area (Å²) in [5, 5.41) is 6.70. The fourth-order valence-corrected chi connectivity index (χ4v) is 3.66. The lowest BCUT2D eigenvalue weighted by molar-refractivity contribution is -0.110. The summed E-state index contributed by atoms with van der Waals surface area (Å²) < 4.78 is 17.0. The molecule has 0 radical (unpaired) electrons. The highest BCUT2D eigenvalue weighted by molar-refractivity contribution is 6.68. The molecule has 0 saturated carbocycles.